The molecule has 0 amide bonds. The highest BCUT2D eigenvalue weighted by molar-refractivity contribution is 9.10. The minimum atomic E-state index is 0.266. The van der Waals surface area contributed by atoms with E-state index in [0.29, 0.717) is 0 Å². The number of ether oxygens (including phenoxy) is 1. The Morgan fingerprint density at radius 2 is 2.25 bits per heavy atom. The van der Waals surface area contributed by atoms with Crippen molar-refractivity contribution in [2.75, 3.05) is 14.2 Å². The molecule has 16 heavy (non-hydrogen) atoms. The molecule has 0 heterocycles. The summed E-state index contributed by atoms with van der Waals surface area (Å²) in [6.07, 6.45) is 0.919. The Labute approximate surface area is 106 Å². The third-order valence-electron chi connectivity index (χ3n) is 2.48. The molecule has 0 aliphatic rings. The molecule has 2 nitrogen and oxygen atoms in total. The lowest BCUT2D eigenvalue weighted by Crippen LogP contribution is -2.17. The monoisotopic (exact) mass is 283 g/mol. The van der Waals surface area contributed by atoms with Crippen LogP contribution in [0.2, 0.25) is 0 Å². The molecule has 0 spiro atoms. The topological polar surface area (TPSA) is 21.3 Å². The van der Waals surface area contributed by atoms with Gasteiger partial charge in [-0.3, -0.25) is 0 Å². The van der Waals surface area contributed by atoms with Crippen molar-refractivity contribution in [3.05, 3.63) is 40.4 Å². The molecule has 1 aromatic carbocycles. The molecular formula is C13H18BrNO. The number of hydrogen-bond acceptors (Lipinski definition) is 2. The van der Waals surface area contributed by atoms with Crippen molar-refractivity contribution in [3.8, 4) is 5.75 Å². The summed E-state index contributed by atoms with van der Waals surface area (Å²) in [6.45, 7) is 5.99. The van der Waals surface area contributed by atoms with Crippen molar-refractivity contribution in [1.29, 1.82) is 0 Å². The fraction of sp³-hybridized carbons (Fsp3) is 0.385. The van der Waals surface area contributed by atoms with E-state index in [4.69, 9.17) is 4.74 Å². The van der Waals surface area contributed by atoms with Gasteiger partial charge in [0, 0.05) is 10.5 Å². The summed E-state index contributed by atoms with van der Waals surface area (Å²) in [4.78, 5) is 0. The fourth-order valence-corrected chi connectivity index (χ4v) is 2.15. The number of nitrogens with one attached hydrogen (secondary N) is 1. The SMILES string of the molecule is C=C(C)CC(NC)c1cc(OC)ccc1Br. The van der Waals surface area contributed by atoms with E-state index in [1.165, 1.54) is 5.56 Å². The Morgan fingerprint density at radius 1 is 1.56 bits per heavy atom. The van der Waals surface area contributed by atoms with Crippen molar-refractivity contribution in [3.63, 3.8) is 0 Å². The first kappa shape index (κ1) is 13.3. The highest BCUT2D eigenvalue weighted by atomic mass is 79.9. The second-order valence-corrected chi connectivity index (χ2v) is 4.74. The maximum absolute atomic E-state index is 5.24. The Hall–Kier alpha value is -0.800. The largest absolute Gasteiger partial charge is 0.497 e. The lowest BCUT2D eigenvalue weighted by atomic mass is 10.0. The quantitative estimate of drug-likeness (QED) is 0.833. The lowest BCUT2D eigenvalue weighted by molar-refractivity contribution is 0.413. The van der Waals surface area contributed by atoms with Crippen LogP contribution in [0.1, 0.15) is 24.9 Å². The third kappa shape index (κ3) is 3.35. The van der Waals surface area contributed by atoms with Crippen molar-refractivity contribution >= 4 is 15.9 Å². The van der Waals surface area contributed by atoms with Crippen LogP contribution in [0.25, 0.3) is 0 Å². The molecule has 0 bridgehead atoms. The molecular weight excluding hydrogens is 266 g/mol. The average Bonchev–Trinajstić information content (AvgIpc) is 2.26. The molecule has 1 N–H and O–H groups in total. The molecule has 0 aliphatic carbocycles. The van der Waals surface area contributed by atoms with Gasteiger partial charge in [0.2, 0.25) is 0 Å². The number of halogens is 1. The summed E-state index contributed by atoms with van der Waals surface area (Å²) in [5.74, 6) is 0.875. The summed E-state index contributed by atoms with van der Waals surface area (Å²) in [7, 11) is 3.64. The summed E-state index contributed by atoms with van der Waals surface area (Å²) in [6, 6.07) is 6.27. The third-order valence-corrected chi connectivity index (χ3v) is 3.20. The summed E-state index contributed by atoms with van der Waals surface area (Å²) in [5.41, 5.74) is 2.36. The van der Waals surface area contributed by atoms with E-state index in [1.54, 1.807) is 7.11 Å². The molecule has 88 valence electrons. The minimum Gasteiger partial charge on any atom is -0.497 e. The van der Waals surface area contributed by atoms with Gasteiger partial charge >= 0.3 is 0 Å². The van der Waals surface area contributed by atoms with Crippen LogP contribution in [0, 0.1) is 0 Å². The predicted octanol–water partition coefficient (Wildman–Crippen LogP) is 3.68. The number of benzene rings is 1. The van der Waals surface area contributed by atoms with E-state index in [0.717, 1.165) is 22.2 Å². The van der Waals surface area contributed by atoms with Gasteiger partial charge in [-0.2, -0.15) is 0 Å². The second kappa shape index (κ2) is 6.06. The molecule has 1 atom stereocenters. The Bertz CT molecular complexity index is 376. The first-order chi connectivity index (χ1) is 7.58. The zero-order valence-electron chi connectivity index (χ0n) is 10.0. The van der Waals surface area contributed by atoms with E-state index in [2.05, 4.69) is 27.8 Å². The standard InChI is InChI=1S/C13H18BrNO/c1-9(2)7-13(15-3)11-8-10(16-4)5-6-12(11)14/h5-6,8,13,15H,1,7H2,2-4H3. The van der Waals surface area contributed by atoms with Gasteiger partial charge in [0.05, 0.1) is 7.11 Å². The molecule has 0 radical (unpaired) electrons. The first-order valence-electron chi connectivity index (χ1n) is 5.23. The molecule has 0 saturated heterocycles. The molecule has 0 aromatic heterocycles. The van der Waals surface area contributed by atoms with E-state index in [-0.39, 0.29) is 6.04 Å². The van der Waals surface area contributed by atoms with Crippen LogP contribution in [0.4, 0.5) is 0 Å². The van der Waals surface area contributed by atoms with Gasteiger partial charge in [-0.15, -0.1) is 6.58 Å². The van der Waals surface area contributed by atoms with Crippen LogP contribution in [0.3, 0.4) is 0 Å². The number of rotatable bonds is 5. The van der Waals surface area contributed by atoms with E-state index >= 15 is 0 Å². The maximum Gasteiger partial charge on any atom is 0.119 e. The fourth-order valence-electron chi connectivity index (χ4n) is 1.63. The Morgan fingerprint density at radius 3 is 2.75 bits per heavy atom. The average molecular weight is 284 g/mol. The van der Waals surface area contributed by atoms with Crippen molar-refractivity contribution in [2.45, 2.75) is 19.4 Å². The number of methoxy groups -OCH3 is 1. The molecule has 0 fully saturated rings. The second-order valence-electron chi connectivity index (χ2n) is 3.89. The van der Waals surface area contributed by atoms with E-state index in [9.17, 15) is 0 Å². The predicted molar refractivity (Wildman–Crippen MR) is 71.9 cm³/mol. The molecule has 0 saturated carbocycles. The Kier molecular flexibility index (Phi) is 5.03. The maximum atomic E-state index is 5.24. The zero-order chi connectivity index (χ0) is 12.1. The van der Waals surface area contributed by atoms with Gasteiger partial charge in [0.1, 0.15) is 5.75 Å². The van der Waals surface area contributed by atoms with E-state index < -0.39 is 0 Å². The zero-order valence-corrected chi connectivity index (χ0v) is 11.6. The Balaban J connectivity index is 3.02. The van der Waals surface area contributed by atoms with Crippen LogP contribution in [-0.4, -0.2) is 14.2 Å². The smallest absolute Gasteiger partial charge is 0.119 e. The molecule has 0 aliphatic heterocycles. The van der Waals surface area contributed by atoms with Crippen LogP contribution in [-0.2, 0) is 0 Å². The summed E-state index contributed by atoms with van der Waals surface area (Å²) in [5, 5.41) is 3.30. The van der Waals surface area contributed by atoms with Gasteiger partial charge in [-0.05, 0) is 44.2 Å². The first-order valence-corrected chi connectivity index (χ1v) is 6.03. The number of hydrogen-bond donors (Lipinski definition) is 1. The van der Waals surface area contributed by atoms with Crippen molar-refractivity contribution in [2.24, 2.45) is 0 Å². The van der Waals surface area contributed by atoms with Crippen LogP contribution >= 0.6 is 15.9 Å². The van der Waals surface area contributed by atoms with Gasteiger partial charge in [-0.25, -0.2) is 0 Å². The normalized spacial score (nSPS) is 12.2. The van der Waals surface area contributed by atoms with Crippen LogP contribution in [0.15, 0.2) is 34.8 Å². The molecule has 1 aromatic rings. The van der Waals surface area contributed by atoms with Gasteiger partial charge in [0.25, 0.3) is 0 Å². The van der Waals surface area contributed by atoms with Crippen molar-refractivity contribution < 1.29 is 4.74 Å². The molecule has 1 rings (SSSR count). The molecule has 1 unspecified atom stereocenters. The van der Waals surface area contributed by atoms with Crippen LogP contribution in [0.5, 0.6) is 5.75 Å². The van der Waals surface area contributed by atoms with Gasteiger partial charge in [0.15, 0.2) is 0 Å². The van der Waals surface area contributed by atoms with Gasteiger partial charge in [-0.1, -0.05) is 21.5 Å². The lowest BCUT2D eigenvalue weighted by Gasteiger charge is -2.19. The molecule has 3 heteroatoms. The van der Waals surface area contributed by atoms with E-state index in [1.807, 2.05) is 32.2 Å². The highest BCUT2D eigenvalue weighted by Crippen LogP contribution is 2.30. The van der Waals surface area contributed by atoms with Crippen LogP contribution < -0.4 is 10.1 Å². The highest BCUT2D eigenvalue weighted by Gasteiger charge is 2.13. The van der Waals surface area contributed by atoms with Crippen molar-refractivity contribution in [1.82, 2.24) is 5.32 Å². The summed E-state index contributed by atoms with van der Waals surface area (Å²) >= 11 is 3.57. The minimum absolute atomic E-state index is 0.266. The van der Waals surface area contributed by atoms with Gasteiger partial charge < -0.3 is 10.1 Å². The summed E-state index contributed by atoms with van der Waals surface area (Å²) < 4.78 is 6.33.